The third kappa shape index (κ3) is 4.42. The van der Waals surface area contributed by atoms with E-state index < -0.39 is 0 Å². The van der Waals surface area contributed by atoms with Crippen molar-refractivity contribution in [2.45, 2.75) is 71.5 Å². The Balaban J connectivity index is 2.35. The molecule has 1 N–H and O–H groups in total. The standard InChI is InChI=1S/C14H29NO/c1-4-12-9-7-8-10-14(12)16-13(5-2)11-15-6-3/h12-15H,4-11H2,1-3H3. The summed E-state index contributed by atoms with van der Waals surface area (Å²) < 4.78 is 6.28. The van der Waals surface area contributed by atoms with Crippen LogP contribution in [-0.4, -0.2) is 25.3 Å². The van der Waals surface area contributed by atoms with Crippen molar-refractivity contribution in [3.63, 3.8) is 0 Å². The van der Waals surface area contributed by atoms with Crippen LogP contribution >= 0.6 is 0 Å². The molecule has 0 aliphatic heterocycles. The Kier molecular flexibility index (Phi) is 7.06. The molecule has 0 heterocycles. The highest BCUT2D eigenvalue weighted by Gasteiger charge is 2.26. The number of nitrogens with one attached hydrogen (secondary N) is 1. The van der Waals surface area contributed by atoms with Crippen LogP contribution in [0.25, 0.3) is 0 Å². The first-order valence-electron chi connectivity index (χ1n) is 7.17. The van der Waals surface area contributed by atoms with Crippen molar-refractivity contribution in [2.75, 3.05) is 13.1 Å². The van der Waals surface area contributed by atoms with Crippen molar-refractivity contribution in [2.24, 2.45) is 5.92 Å². The van der Waals surface area contributed by atoms with Crippen molar-refractivity contribution >= 4 is 0 Å². The van der Waals surface area contributed by atoms with E-state index in [0.29, 0.717) is 12.2 Å². The minimum absolute atomic E-state index is 0.414. The molecular weight excluding hydrogens is 198 g/mol. The minimum atomic E-state index is 0.414. The molecule has 1 aliphatic rings. The zero-order valence-corrected chi connectivity index (χ0v) is 11.3. The van der Waals surface area contributed by atoms with Gasteiger partial charge in [-0.3, -0.25) is 0 Å². The number of rotatable bonds is 7. The fourth-order valence-electron chi connectivity index (χ4n) is 2.66. The third-order valence-electron chi connectivity index (χ3n) is 3.81. The molecule has 1 saturated carbocycles. The Hall–Kier alpha value is -0.0800. The van der Waals surface area contributed by atoms with Gasteiger partial charge >= 0.3 is 0 Å². The lowest BCUT2D eigenvalue weighted by molar-refractivity contribution is -0.0606. The molecule has 1 rings (SSSR count). The average molecular weight is 227 g/mol. The van der Waals surface area contributed by atoms with Gasteiger partial charge < -0.3 is 10.1 Å². The molecule has 1 fully saturated rings. The lowest BCUT2D eigenvalue weighted by Gasteiger charge is -2.33. The van der Waals surface area contributed by atoms with Crippen LogP contribution in [0.4, 0.5) is 0 Å². The maximum atomic E-state index is 6.28. The fraction of sp³-hybridized carbons (Fsp3) is 1.00. The van der Waals surface area contributed by atoms with Crippen molar-refractivity contribution in [3.8, 4) is 0 Å². The van der Waals surface area contributed by atoms with E-state index >= 15 is 0 Å². The van der Waals surface area contributed by atoms with Crippen LogP contribution in [0.1, 0.15) is 59.3 Å². The van der Waals surface area contributed by atoms with Crippen LogP contribution in [0, 0.1) is 5.92 Å². The Morgan fingerprint density at radius 1 is 1.19 bits per heavy atom. The first kappa shape index (κ1) is 14.0. The smallest absolute Gasteiger partial charge is 0.0700 e. The Morgan fingerprint density at radius 2 is 1.94 bits per heavy atom. The minimum Gasteiger partial charge on any atom is -0.373 e. The van der Waals surface area contributed by atoms with E-state index in [2.05, 4.69) is 26.1 Å². The van der Waals surface area contributed by atoms with Crippen molar-refractivity contribution in [1.29, 1.82) is 0 Å². The van der Waals surface area contributed by atoms with Gasteiger partial charge in [0.05, 0.1) is 12.2 Å². The number of hydrogen-bond acceptors (Lipinski definition) is 2. The second kappa shape index (κ2) is 8.08. The molecule has 2 heteroatoms. The summed E-state index contributed by atoms with van der Waals surface area (Å²) in [5, 5.41) is 3.40. The van der Waals surface area contributed by atoms with E-state index in [1.807, 2.05) is 0 Å². The monoisotopic (exact) mass is 227 g/mol. The van der Waals surface area contributed by atoms with Gasteiger partial charge in [-0.15, -0.1) is 0 Å². The first-order valence-corrected chi connectivity index (χ1v) is 7.17. The highest BCUT2D eigenvalue weighted by atomic mass is 16.5. The van der Waals surface area contributed by atoms with Gasteiger partial charge in [0.2, 0.25) is 0 Å². The van der Waals surface area contributed by atoms with E-state index in [9.17, 15) is 0 Å². The third-order valence-corrected chi connectivity index (χ3v) is 3.81. The molecule has 0 radical (unpaired) electrons. The molecule has 0 saturated heterocycles. The normalized spacial score (nSPS) is 27.9. The molecular formula is C14H29NO. The lowest BCUT2D eigenvalue weighted by Crippen LogP contribution is -2.36. The lowest BCUT2D eigenvalue weighted by atomic mass is 9.84. The average Bonchev–Trinajstić information content (AvgIpc) is 2.34. The van der Waals surface area contributed by atoms with E-state index in [1.54, 1.807) is 0 Å². The van der Waals surface area contributed by atoms with Crippen LogP contribution in [0.3, 0.4) is 0 Å². The van der Waals surface area contributed by atoms with Crippen LogP contribution in [0.5, 0.6) is 0 Å². The fourth-order valence-corrected chi connectivity index (χ4v) is 2.66. The highest BCUT2D eigenvalue weighted by molar-refractivity contribution is 4.76. The van der Waals surface area contributed by atoms with Gasteiger partial charge in [-0.25, -0.2) is 0 Å². The number of hydrogen-bond donors (Lipinski definition) is 1. The van der Waals surface area contributed by atoms with Gasteiger partial charge in [-0.1, -0.05) is 40.0 Å². The molecule has 0 amide bonds. The summed E-state index contributed by atoms with van der Waals surface area (Å²) in [6.07, 6.45) is 8.77. The molecule has 0 aromatic rings. The second-order valence-corrected chi connectivity index (χ2v) is 4.97. The predicted octanol–water partition coefficient (Wildman–Crippen LogP) is 3.36. The number of ether oxygens (including phenoxy) is 1. The largest absolute Gasteiger partial charge is 0.373 e. The molecule has 0 aromatic heterocycles. The van der Waals surface area contributed by atoms with Gasteiger partial charge in [0.15, 0.2) is 0 Å². The molecule has 96 valence electrons. The maximum absolute atomic E-state index is 6.28. The summed E-state index contributed by atoms with van der Waals surface area (Å²) >= 11 is 0. The highest BCUT2D eigenvalue weighted by Crippen LogP contribution is 2.30. The number of likely N-dealkylation sites (N-methyl/N-ethyl adjacent to an activating group) is 1. The van der Waals surface area contributed by atoms with Crippen LogP contribution in [0.15, 0.2) is 0 Å². The zero-order valence-electron chi connectivity index (χ0n) is 11.3. The Labute approximate surface area is 101 Å². The van der Waals surface area contributed by atoms with Crippen molar-refractivity contribution in [1.82, 2.24) is 5.32 Å². The maximum Gasteiger partial charge on any atom is 0.0700 e. The molecule has 3 unspecified atom stereocenters. The molecule has 16 heavy (non-hydrogen) atoms. The molecule has 0 bridgehead atoms. The quantitative estimate of drug-likeness (QED) is 0.720. The summed E-state index contributed by atoms with van der Waals surface area (Å²) in [7, 11) is 0. The summed E-state index contributed by atoms with van der Waals surface area (Å²) in [6.45, 7) is 8.74. The Morgan fingerprint density at radius 3 is 2.56 bits per heavy atom. The van der Waals surface area contributed by atoms with Gasteiger partial charge in [0.1, 0.15) is 0 Å². The summed E-state index contributed by atoms with van der Waals surface area (Å²) in [5.74, 6) is 0.810. The molecule has 2 nitrogen and oxygen atoms in total. The van der Waals surface area contributed by atoms with Gasteiger partial charge in [-0.2, -0.15) is 0 Å². The van der Waals surface area contributed by atoms with Gasteiger partial charge in [0, 0.05) is 6.54 Å². The van der Waals surface area contributed by atoms with Crippen LogP contribution in [-0.2, 0) is 4.74 Å². The van der Waals surface area contributed by atoms with Crippen molar-refractivity contribution in [3.05, 3.63) is 0 Å². The van der Waals surface area contributed by atoms with E-state index in [4.69, 9.17) is 4.74 Å². The van der Waals surface area contributed by atoms with Gasteiger partial charge in [0.25, 0.3) is 0 Å². The molecule has 1 aliphatic carbocycles. The van der Waals surface area contributed by atoms with Gasteiger partial charge in [-0.05, 0) is 31.7 Å². The van der Waals surface area contributed by atoms with E-state index in [1.165, 1.54) is 32.1 Å². The van der Waals surface area contributed by atoms with Crippen LogP contribution < -0.4 is 5.32 Å². The summed E-state index contributed by atoms with van der Waals surface area (Å²) in [6, 6.07) is 0. The van der Waals surface area contributed by atoms with Crippen molar-refractivity contribution < 1.29 is 4.74 Å². The topological polar surface area (TPSA) is 21.3 Å². The molecule has 3 atom stereocenters. The van der Waals surface area contributed by atoms with E-state index in [0.717, 1.165) is 25.4 Å². The summed E-state index contributed by atoms with van der Waals surface area (Å²) in [5.41, 5.74) is 0. The first-order chi connectivity index (χ1) is 7.81. The second-order valence-electron chi connectivity index (χ2n) is 4.97. The Bertz CT molecular complexity index is 172. The summed E-state index contributed by atoms with van der Waals surface area (Å²) in [4.78, 5) is 0. The van der Waals surface area contributed by atoms with Crippen LogP contribution in [0.2, 0.25) is 0 Å². The molecule has 0 spiro atoms. The predicted molar refractivity (Wildman–Crippen MR) is 69.7 cm³/mol. The zero-order chi connectivity index (χ0) is 11.8. The van der Waals surface area contributed by atoms with E-state index in [-0.39, 0.29) is 0 Å². The molecule has 0 aromatic carbocycles. The SMILES string of the molecule is CCNCC(CC)OC1CCCCC1CC.